The summed E-state index contributed by atoms with van der Waals surface area (Å²) in [5, 5.41) is 10.5. The highest BCUT2D eigenvalue weighted by atomic mass is 16.6. The molecule has 4 nitrogen and oxygen atoms in total. The Labute approximate surface area is 105 Å². The molecule has 2 rings (SSSR count). The third kappa shape index (κ3) is 2.79. The van der Waals surface area contributed by atoms with Gasteiger partial charge in [0, 0.05) is 24.5 Å². The van der Waals surface area contributed by atoms with Crippen LogP contribution in [0.25, 0.3) is 11.6 Å². The maximum absolute atomic E-state index is 10.5. The number of non-ortho nitro benzene ring substituents is 1. The number of nitro groups is 1. The lowest BCUT2D eigenvalue weighted by molar-refractivity contribution is -0.384. The van der Waals surface area contributed by atoms with Gasteiger partial charge in [-0.2, -0.15) is 0 Å². The normalized spacial score (nSPS) is 11.3. The molecule has 0 N–H and O–H groups in total. The van der Waals surface area contributed by atoms with Crippen LogP contribution in [-0.4, -0.2) is 9.91 Å². The van der Waals surface area contributed by atoms with E-state index in [2.05, 4.69) is 4.98 Å². The molecule has 0 aliphatic heterocycles. The lowest BCUT2D eigenvalue weighted by Crippen LogP contribution is -1.87. The van der Waals surface area contributed by atoms with Gasteiger partial charge >= 0.3 is 0 Å². The maximum atomic E-state index is 10.5. The predicted molar refractivity (Wildman–Crippen MR) is 70.9 cm³/mol. The molecule has 0 aliphatic carbocycles. The fraction of sp³-hybridized carbons (Fsp3) is 0.0714. The summed E-state index contributed by atoms with van der Waals surface area (Å²) in [7, 11) is 0. The number of allylic oxidation sites excluding steroid dienone is 1. The fourth-order valence-corrected chi connectivity index (χ4v) is 1.64. The molecular weight excluding hydrogens is 228 g/mol. The van der Waals surface area contributed by atoms with Crippen LogP contribution in [0.1, 0.15) is 18.1 Å². The van der Waals surface area contributed by atoms with Crippen molar-refractivity contribution in [2.24, 2.45) is 0 Å². The quantitative estimate of drug-likeness (QED) is 0.609. The molecule has 0 aliphatic rings. The lowest BCUT2D eigenvalue weighted by atomic mass is 10.1. The van der Waals surface area contributed by atoms with Crippen LogP contribution in [0.3, 0.4) is 0 Å². The van der Waals surface area contributed by atoms with Gasteiger partial charge in [0.05, 0.1) is 4.92 Å². The van der Waals surface area contributed by atoms with Crippen LogP contribution < -0.4 is 0 Å². The summed E-state index contributed by atoms with van der Waals surface area (Å²) in [4.78, 5) is 14.1. The first-order valence-corrected chi connectivity index (χ1v) is 5.50. The Morgan fingerprint density at radius 2 is 1.78 bits per heavy atom. The number of rotatable bonds is 3. The van der Waals surface area contributed by atoms with Gasteiger partial charge < -0.3 is 0 Å². The first kappa shape index (κ1) is 12.0. The highest BCUT2D eigenvalue weighted by Crippen LogP contribution is 2.18. The number of nitro benzene ring substituents is 1. The van der Waals surface area contributed by atoms with E-state index < -0.39 is 4.92 Å². The second-order valence-corrected chi connectivity index (χ2v) is 3.91. The molecule has 1 aromatic carbocycles. The molecule has 0 fully saturated rings. The molecule has 0 amide bonds. The van der Waals surface area contributed by atoms with Crippen molar-refractivity contribution >= 4 is 17.3 Å². The van der Waals surface area contributed by atoms with Crippen LogP contribution in [0, 0.1) is 10.1 Å². The molecule has 0 saturated heterocycles. The summed E-state index contributed by atoms with van der Waals surface area (Å²) in [6.45, 7) is 2.00. The van der Waals surface area contributed by atoms with E-state index in [0.717, 1.165) is 16.7 Å². The van der Waals surface area contributed by atoms with Crippen LogP contribution in [-0.2, 0) is 0 Å². The third-order valence-electron chi connectivity index (χ3n) is 2.62. The third-order valence-corrected chi connectivity index (χ3v) is 2.62. The van der Waals surface area contributed by atoms with Crippen molar-refractivity contribution in [2.75, 3.05) is 0 Å². The molecule has 1 aromatic heterocycles. The first-order valence-electron chi connectivity index (χ1n) is 5.50. The van der Waals surface area contributed by atoms with Crippen LogP contribution in [0.2, 0.25) is 0 Å². The molecule has 4 heteroatoms. The van der Waals surface area contributed by atoms with Crippen LogP contribution in [0.15, 0.2) is 48.8 Å². The van der Waals surface area contributed by atoms with Gasteiger partial charge in [0.1, 0.15) is 0 Å². The van der Waals surface area contributed by atoms with E-state index in [0.29, 0.717) is 0 Å². The van der Waals surface area contributed by atoms with E-state index in [1.165, 1.54) is 12.1 Å². The zero-order valence-corrected chi connectivity index (χ0v) is 9.91. The summed E-state index contributed by atoms with van der Waals surface area (Å²) >= 11 is 0. The second kappa shape index (κ2) is 5.23. The first-order chi connectivity index (χ1) is 8.66. The average molecular weight is 240 g/mol. The summed E-state index contributed by atoms with van der Waals surface area (Å²) in [6, 6.07) is 10.3. The van der Waals surface area contributed by atoms with E-state index in [4.69, 9.17) is 0 Å². The standard InChI is InChI=1S/C14H12N2O2/c1-11(13-6-8-15-9-7-13)10-12-2-4-14(5-3-12)16(17)18/h2-10H,1H3/b11-10-. The molecule has 2 aromatic rings. The van der Waals surface area contributed by atoms with E-state index >= 15 is 0 Å². The predicted octanol–water partition coefficient (Wildman–Crippen LogP) is 3.55. The zero-order chi connectivity index (χ0) is 13.0. The van der Waals surface area contributed by atoms with Crippen molar-refractivity contribution in [3.05, 3.63) is 70.0 Å². The molecular formula is C14H12N2O2. The SMILES string of the molecule is C/C(=C/c1ccc([N+](=O)[O-])cc1)c1ccncc1. The largest absolute Gasteiger partial charge is 0.269 e. The van der Waals surface area contributed by atoms with Crippen molar-refractivity contribution in [1.29, 1.82) is 0 Å². The fourth-order valence-electron chi connectivity index (χ4n) is 1.64. The average Bonchev–Trinajstić information content (AvgIpc) is 2.40. The van der Waals surface area contributed by atoms with Gasteiger partial charge in [-0.05, 0) is 47.9 Å². The zero-order valence-electron chi connectivity index (χ0n) is 9.91. The number of aromatic nitrogens is 1. The van der Waals surface area contributed by atoms with Gasteiger partial charge in [-0.1, -0.05) is 6.08 Å². The topological polar surface area (TPSA) is 56.0 Å². The number of benzene rings is 1. The Balaban J connectivity index is 2.25. The molecule has 90 valence electrons. The number of hydrogen-bond donors (Lipinski definition) is 0. The van der Waals surface area contributed by atoms with Crippen molar-refractivity contribution in [3.63, 3.8) is 0 Å². The van der Waals surface area contributed by atoms with Gasteiger partial charge in [-0.3, -0.25) is 15.1 Å². The minimum Gasteiger partial charge on any atom is -0.265 e. The van der Waals surface area contributed by atoms with Gasteiger partial charge in [0.15, 0.2) is 0 Å². The minimum atomic E-state index is -0.400. The Bertz CT molecular complexity index is 575. The Morgan fingerprint density at radius 1 is 1.17 bits per heavy atom. The molecule has 0 saturated carbocycles. The molecule has 0 bridgehead atoms. The summed E-state index contributed by atoms with van der Waals surface area (Å²) in [6.07, 6.45) is 5.46. The molecule has 0 spiro atoms. The number of hydrogen-bond acceptors (Lipinski definition) is 3. The maximum Gasteiger partial charge on any atom is 0.269 e. The second-order valence-electron chi connectivity index (χ2n) is 3.91. The molecule has 0 radical (unpaired) electrons. The molecule has 18 heavy (non-hydrogen) atoms. The Hall–Kier alpha value is -2.49. The van der Waals surface area contributed by atoms with E-state index in [-0.39, 0.29) is 5.69 Å². The van der Waals surface area contributed by atoms with Gasteiger partial charge in [0.2, 0.25) is 0 Å². The summed E-state index contributed by atoms with van der Waals surface area (Å²) in [5.41, 5.74) is 3.22. The van der Waals surface area contributed by atoms with Crippen molar-refractivity contribution in [3.8, 4) is 0 Å². The molecule has 1 heterocycles. The molecule has 0 unspecified atom stereocenters. The van der Waals surface area contributed by atoms with Crippen molar-refractivity contribution in [1.82, 2.24) is 4.98 Å². The highest BCUT2D eigenvalue weighted by Gasteiger charge is 2.03. The van der Waals surface area contributed by atoms with Gasteiger partial charge in [0.25, 0.3) is 5.69 Å². The van der Waals surface area contributed by atoms with E-state index in [1.54, 1.807) is 24.5 Å². The smallest absolute Gasteiger partial charge is 0.265 e. The molecule has 0 atom stereocenters. The summed E-state index contributed by atoms with van der Waals surface area (Å²) in [5.74, 6) is 0. The van der Waals surface area contributed by atoms with E-state index in [9.17, 15) is 10.1 Å². The van der Waals surface area contributed by atoms with Crippen LogP contribution in [0.5, 0.6) is 0 Å². The van der Waals surface area contributed by atoms with Gasteiger partial charge in [-0.25, -0.2) is 0 Å². The number of nitrogens with zero attached hydrogens (tertiary/aromatic N) is 2. The highest BCUT2D eigenvalue weighted by molar-refractivity contribution is 5.80. The van der Waals surface area contributed by atoms with Crippen LogP contribution in [0.4, 0.5) is 5.69 Å². The van der Waals surface area contributed by atoms with Gasteiger partial charge in [-0.15, -0.1) is 0 Å². The minimum absolute atomic E-state index is 0.105. The summed E-state index contributed by atoms with van der Waals surface area (Å²) < 4.78 is 0. The monoisotopic (exact) mass is 240 g/mol. The van der Waals surface area contributed by atoms with Crippen molar-refractivity contribution in [2.45, 2.75) is 6.92 Å². The Kier molecular flexibility index (Phi) is 3.48. The van der Waals surface area contributed by atoms with Crippen LogP contribution >= 0.6 is 0 Å². The lowest BCUT2D eigenvalue weighted by Gasteiger charge is -2.01. The Morgan fingerprint density at radius 3 is 2.33 bits per heavy atom. The number of pyridine rings is 1. The van der Waals surface area contributed by atoms with Crippen molar-refractivity contribution < 1.29 is 4.92 Å². The van der Waals surface area contributed by atoms with E-state index in [1.807, 2.05) is 25.1 Å².